The van der Waals surface area contributed by atoms with Crippen molar-refractivity contribution in [2.45, 2.75) is 13.1 Å². The summed E-state index contributed by atoms with van der Waals surface area (Å²) in [5, 5.41) is 1.06. The minimum Gasteiger partial charge on any atom is -0.340 e. The SMILES string of the molecule is Cn1c(=O)c2c(nc(N3CCN(Cc4ccccc4)CC3)n2Cc2ccc(Cl)cc2Cl)n(C)c1=O. The number of piperazine rings is 1. The topological polar surface area (TPSA) is 68.3 Å². The fourth-order valence-corrected chi connectivity index (χ4v) is 5.06. The molecule has 10 heteroatoms. The van der Waals surface area contributed by atoms with Gasteiger partial charge in [-0.25, -0.2) is 4.79 Å². The van der Waals surface area contributed by atoms with E-state index >= 15 is 0 Å². The van der Waals surface area contributed by atoms with Crippen molar-refractivity contribution in [3.05, 3.63) is 90.5 Å². The Balaban J connectivity index is 1.53. The fraction of sp³-hybridized carbons (Fsp3) is 0.320. The van der Waals surface area contributed by atoms with Crippen molar-refractivity contribution in [2.24, 2.45) is 14.1 Å². The van der Waals surface area contributed by atoms with Gasteiger partial charge in [0, 0.05) is 56.9 Å². The number of aromatic nitrogens is 4. The van der Waals surface area contributed by atoms with Crippen molar-refractivity contribution in [1.82, 2.24) is 23.6 Å². The molecule has 182 valence electrons. The molecule has 0 radical (unpaired) electrons. The van der Waals surface area contributed by atoms with Crippen LogP contribution in [0.1, 0.15) is 11.1 Å². The predicted molar refractivity (Wildman–Crippen MR) is 140 cm³/mol. The Bertz CT molecular complexity index is 1500. The molecule has 0 spiro atoms. The molecule has 1 saturated heterocycles. The molecule has 0 N–H and O–H groups in total. The normalized spacial score (nSPS) is 14.7. The molecular weight excluding hydrogens is 487 g/mol. The average Bonchev–Trinajstić information content (AvgIpc) is 3.23. The number of benzene rings is 2. The van der Waals surface area contributed by atoms with Crippen LogP contribution in [-0.4, -0.2) is 49.8 Å². The maximum atomic E-state index is 13.2. The number of imidazole rings is 1. The zero-order valence-electron chi connectivity index (χ0n) is 19.6. The molecule has 0 unspecified atom stereocenters. The fourth-order valence-electron chi connectivity index (χ4n) is 4.59. The number of nitrogens with zero attached hydrogens (tertiary/aromatic N) is 6. The molecule has 0 amide bonds. The van der Waals surface area contributed by atoms with Gasteiger partial charge in [0.05, 0.1) is 6.54 Å². The molecule has 0 aliphatic carbocycles. The third kappa shape index (κ3) is 4.49. The maximum absolute atomic E-state index is 13.2. The smallest absolute Gasteiger partial charge is 0.332 e. The number of aryl methyl sites for hydroxylation is 1. The Hall–Kier alpha value is -3.07. The number of halogens is 2. The minimum atomic E-state index is -0.407. The first-order valence-electron chi connectivity index (χ1n) is 11.4. The number of hydrogen-bond acceptors (Lipinski definition) is 5. The highest BCUT2D eigenvalue weighted by Gasteiger charge is 2.26. The largest absolute Gasteiger partial charge is 0.340 e. The molecule has 2 aromatic carbocycles. The van der Waals surface area contributed by atoms with Crippen LogP contribution in [-0.2, 0) is 27.2 Å². The van der Waals surface area contributed by atoms with Gasteiger partial charge in [0.25, 0.3) is 5.56 Å². The molecule has 0 bridgehead atoms. The van der Waals surface area contributed by atoms with Crippen LogP contribution in [0.25, 0.3) is 11.2 Å². The average molecular weight is 513 g/mol. The van der Waals surface area contributed by atoms with E-state index in [-0.39, 0.29) is 5.56 Å². The minimum absolute atomic E-state index is 0.333. The lowest BCUT2D eigenvalue weighted by Gasteiger charge is -2.35. The standard InChI is InChI=1S/C25H26Cl2N6O2/c1-29-22-21(23(34)30(2)25(29)35)33(16-18-8-9-19(26)14-20(18)27)24(28-22)32-12-10-31(11-13-32)15-17-6-4-3-5-7-17/h3-9,14H,10-13,15-16H2,1-2H3. The summed E-state index contributed by atoms with van der Waals surface area (Å²) in [6.45, 7) is 4.44. The van der Waals surface area contributed by atoms with Crippen LogP contribution >= 0.6 is 23.2 Å². The molecule has 5 rings (SSSR count). The van der Waals surface area contributed by atoms with Crippen molar-refractivity contribution in [2.75, 3.05) is 31.1 Å². The van der Waals surface area contributed by atoms with Crippen molar-refractivity contribution in [3.8, 4) is 0 Å². The van der Waals surface area contributed by atoms with E-state index in [2.05, 4.69) is 34.1 Å². The van der Waals surface area contributed by atoms with Gasteiger partial charge < -0.3 is 4.90 Å². The summed E-state index contributed by atoms with van der Waals surface area (Å²) in [6, 6.07) is 15.7. The second-order valence-corrected chi connectivity index (χ2v) is 9.70. The van der Waals surface area contributed by atoms with Gasteiger partial charge in [-0.2, -0.15) is 4.98 Å². The van der Waals surface area contributed by atoms with E-state index in [1.165, 1.54) is 17.2 Å². The van der Waals surface area contributed by atoms with E-state index in [4.69, 9.17) is 28.2 Å². The Morgan fingerprint density at radius 2 is 1.60 bits per heavy atom. The Labute approximate surface area is 212 Å². The Morgan fingerprint density at radius 3 is 2.29 bits per heavy atom. The van der Waals surface area contributed by atoms with Crippen LogP contribution in [0.4, 0.5) is 5.95 Å². The number of rotatable bonds is 5. The van der Waals surface area contributed by atoms with Crippen LogP contribution in [0.15, 0.2) is 58.1 Å². The van der Waals surface area contributed by atoms with Crippen molar-refractivity contribution >= 4 is 40.3 Å². The lowest BCUT2D eigenvalue weighted by atomic mass is 10.2. The molecule has 1 aliphatic rings. The summed E-state index contributed by atoms with van der Waals surface area (Å²) in [5.41, 5.74) is 2.05. The zero-order chi connectivity index (χ0) is 24.7. The van der Waals surface area contributed by atoms with E-state index in [1.807, 2.05) is 16.7 Å². The van der Waals surface area contributed by atoms with Gasteiger partial charge in [-0.15, -0.1) is 0 Å². The van der Waals surface area contributed by atoms with E-state index in [0.717, 1.165) is 42.9 Å². The van der Waals surface area contributed by atoms with Crippen LogP contribution in [0.2, 0.25) is 10.0 Å². The van der Waals surface area contributed by atoms with Gasteiger partial charge in [0.2, 0.25) is 5.95 Å². The summed E-state index contributed by atoms with van der Waals surface area (Å²) in [4.78, 5) is 35.2. The van der Waals surface area contributed by atoms with Gasteiger partial charge in [-0.1, -0.05) is 59.6 Å². The van der Waals surface area contributed by atoms with Gasteiger partial charge in [-0.3, -0.25) is 23.4 Å². The van der Waals surface area contributed by atoms with Crippen molar-refractivity contribution in [3.63, 3.8) is 0 Å². The number of anilines is 1. The maximum Gasteiger partial charge on any atom is 0.332 e. The molecule has 1 aliphatic heterocycles. The van der Waals surface area contributed by atoms with Gasteiger partial charge >= 0.3 is 5.69 Å². The summed E-state index contributed by atoms with van der Waals surface area (Å²) < 4.78 is 4.41. The highest BCUT2D eigenvalue weighted by Crippen LogP contribution is 2.27. The number of hydrogen-bond donors (Lipinski definition) is 0. The molecule has 8 nitrogen and oxygen atoms in total. The third-order valence-electron chi connectivity index (χ3n) is 6.58. The summed E-state index contributed by atoms with van der Waals surface area (Å²) in [7, 11) is 3.12. The second-order valence-electron chi connectivity index (χ2n) is 8.86. The summed E-state index contributed by atoms with van der Waals surface area (Å²) in [5.74, 6) is 0.656. The molecule has 2 aromatic heterocycles. The summed E-state index contributed by atoms with van der Waals surface area (Å²) >= 11 is 12.6. The molecule has 0 saturated carbocycles. The van der Waals surface area contributed by atoms with Crippen LogP contribution in [0.5, 0.6) is 0 Å². The molecule has 35 heavy (non-hydrogen) atoms. The third-order valence-corrected chi connectivity index (χ3v) is 7.16. The Kier molecular flexibility index (Phi) is 6.44. The van der Waals surface area contributed by atoms with Crippen molar-refractivity contribution in [1.29, 1.82) is 0 Å². The van der Waals surface area contributed by atoms with Crippen LogP contribution in [0, 0.1) is 0 Å². The van der Waals surface area contributed by atoms with Crippen molar-refractivity contribution < 1.29 is 0 Å². The molecular formula is C25H26Cl2N6O2. The van der Waals surface area contributed by atoms with E-state index in [0.29, 0.717) is 33.7 Å². The van der Waals surface area contributed by atoms with Crippen LogP contribution < -0.4 is 16.1 Å². The van der Waals surface area contributed by atoms with E-state index in [1.54, 1.807) is 19.2 Å². The molecule has 1 fully saturated rings. The quantitative estimate of drug-likeness (QED) is 0.411. The van der Waals surface area contributed by atoms with E-state index < -0.39 is 5.69 Å². The number of fused-ring (bicyclic) bond motifs is 1. The first kappa shape index (κ1) is 23.7. The monoisotopic (exact) mass is 512 g/mol. The van der Waals surface area contributed by atoms with Gasteiger partial charge in [-0.05, 0) is 23.3 Å². The van der Waals surface area contributed by atoms with Gasteiger partial charge in [0.1, 0.15) is 0 Å². The lowest BCUT2D eigenvalue weighted by molar-refractivity contribution is 0.248. The van der Waals surface area contributed by atoms with E-state index in [9.17, 15) is 9.59 Å². The van der Waals surface area contributed by atoms with Gasteiger partial charge in [0.15, 0.2) is 11.2 Å². The molecule has 0 atom stereocenters. The highest BCUT2D eigenvalue weighted by molar-refractivity contribution is 6.35. The predicted octanol–water partition coefficient (Wildman–Crippen LogP) is 3.11. The molecule has 3 heterocycles. The van der Waals surface area contributed by atoms with Crippen LogP contribution in [0.3, 0.4) is 0 Å². The zero-order valence-corrected chi connectivity index (χ0v) is 21.1. The Morgan fingerprint density at radius 1 is 0.886 bits per heavy atom. The lowest BCUT2D eigenvalue weighted by Crippen LogP contribution is -2.47. The highest BCUT2D eigenvalue weighted by atomic mass is 35.5. The first-order chi connectivity index (χ1) is 16.8. The molecule has 4 aromatic rings. The summed E-state index contributed by atoms with van der Waals surface area (Å²) in [6.07, 6.45) is 0. The first-order valence-corrected chi connectivity index (χ1v) is 12.2. The second kappa shape index (κ2) is 9.53.